The van der Waals surface area contributed by atoms with Crippen molar-refractivity contribution in [2.45, 2.75) is 56.9 Å². The fraction of sp³-hybridized carbons (Fsp3) is 0.500. The number of piperidine rings is 1. The van der Waals surface area contributed by atoms with Gasteiger partial charge in [-0.3, -0.25) is 19.2 Å². The highest BCUT2D eigenvalue weighted by Gasteiger charge is 2.40. The summed E-state index contributed by atoms with van der Waals surface area (Å²) in [6.07, 6.45) is 9.40. The predicted octanol–water partition coefficient (Wildman–Crippen LogP) is 4.47. The van der Waals surface area contributed by atoms with Crippen LogP contribution in [0.5, 0.6) is 0 Å². The van der Waals surface area contributed by atoms with E-state index in [4.69, 9.17) is 17.4 Å². The molecule has 8 heteroatoms. The smallest absolute Gasteiger partial charge is 0.305 e. The number of hydrogen-bond acceptors (Lipinski definition) is 6. The number of rotatable bonds is 10. The van der Waals surface area contributed by atoms with Crippen LogP contribution >= 0.6 is 12.6 Å². The molecule has 0 amide bonds. The molecule has 2 unspecified atom stereocenters. The number of ketones is 1. The average Bonchev–Trinajstić information content (AvgIpc) is 3.58. The van der Waals surface area contributed by atoms with Crippen LogP contribution in [0.2, 0.25) is 0 Å². The number of nitrogens with zero attached hydrogens (tertiary/aromatic N) is 3. The van der Waals surface area contributed by atoms with Gasteiger partial charge in [0.15, 0.2) is 5.78 Å². The minimum atomic E-state index is -0.566. The molecule has 1 saturated carbocycles. The molecule has 2 atom stereocenters. The van der Waals surface area contributed by atoms with Crippen LogP contribution in [0.15, 0.2) is 42.2 Å². The van der Waals surface area contributed by atoms with E-state index in [9.17, 15) is 14.0 Å². The molecule has 1 aromatic carbocycles. The van der Waals surface area contributed by atoms with Gasteiger partial charge < -0.3 is 4.74 Å². The molecule has 1 aliphatic carbocycles. The molecule has 2 aliphatic rings. The van der Waals surface area contributed by atoms with Gasteiger partial charge in [0.25, 0.3) is 0 Å². The normalized spacial score (nSPS) is 20.9. The number of aromatic nitrogens is 2. The monoisotopic (exact) mass is 485 g/mol. The fourth-order valence-electron chi connectivity index (χ4n) is 4.48. The zero-order valence-corrected chi connectivity index (χ0v) is 20.4. The second-order valence-corrected chi connectivity index (χ2v) is 9.66. The van der Waals surface area contributed by atoms with Crippen LogP contribution in [0.4, 0.5) is 4.39 Å². The maximum absolute atomic E-state index is 14.7. The molecule has 2 heterocycles. The number of benzene rings is 1. The third-order valence-electron chi connectivity index (χ3n) is 6.40. The van der Waals surface area contributed by atoms with Gasteiger partial charge in [-0.1, -0.05) is 24.3 Å². The van der Waals surface area contributed by atoms with E-state index in [1.165, 1.54) is 6.07 Å². The van der Waals surface area contributed by atoms with Gasteiger partial charge in [0, 0.05) is 54.5 Å². The Bertz CT molecular complexity index is 1050. The molecule has 182 valence electrons. The largest absolute Gasteiger partial charge is 0.466 e. The number of thiol groups is 1. The molecular formula is C26H32FN3O3S. The molecule has 4 rings (SSSR count). The molecule has 6 nitrogen and oxygen atoms in total. The highest BCUT2D eigenvalue weighted by Crippen LogP contribution is 2.39. The van der Waals surface area contributed by atoms with Gasteiger partial charge in [0.2, 0.25) is 0 Å². The molecule has 0 bridgehead atoms. The van der Waals surface area contributed by atoms with Crippen LogP contribution in [-0.4, -0.2) is 51.4 Å². The lowest BCUT2D eigenvalue weighted by Crippen LogP contribution is -2.42. The van der Waals surface area contributed by atoms with E-state index in [2.05, 4.69) is 16.1 Å². The second-order valence-electron chi connectivity index (χ2n) is 9.04. The molecule has 1 aliphatic heterocycles. The number of esters is 1. The Balaban J connectivity index is 1.47. The summed E-state index contributed by atoms with van der Waals surface area (Å²) in [6.45, 7) is 4.07. The quantitative estimate of drug-likeness (QED) is 0.397. The van der Waals surface area contributed by atoms with Crippen molar-refractivity contribution in [3.05, 3.63) is 59.2 Å². The Morgan fingerprint density at radius 3 is 2.82 bits per heavy atom. The van der Waals surface area contributed by atoms with Crippen LogP contribution in [0.1, 0.15) is 56.2 Å². The topological polar surface area (TPSA) is 64.4 Å². The van der Waals surface area contributed by atoms with Crippen molar-refractivity contribution in [1.29, 1.82) is 0 Å². The zero-order chi connectivity index (χ0) is 24.1. The maximum atomic E-state index is 14.7. The maximum Gasteiger partial charge on any atom is 0.305 e. The molecule has 0 N–H and O–H groups in total. The first-order valence-corrected chi connectivity index (χ1v) is 12.6. The highest BCUT2D eigenvalue weighted by molar-refractivity contribution is 7.81. The van der Waals surface area contributed by atoms with Gasteiger partial charge in [0.05, 0.1) is 18.8 Å². The van der Waals surface area contributed by atoms with E-state index in [0.717, 1.165) is 30.4 Å². The number of Topliss-reactive ketones (excluding diaryl/α,β-unsaturated/α-hetero) is 1. The van der Waals surface area contributed by atoms with Crippen LogP contribution in [-0.2, 0) is 20.9 Å². The molecular weight excluding hydrogens is 453 g/mol. The third-order valence-corrected chi connectivity index (χ3v) is 6.99. The number of carbonyl (C=O) groups is 2. The summed E-state index contributed by atoms with van der Waals surface area (Å²) in [4.78, 5) is 26.8. The van der Waals surface area contributed by atoms with Crippen LogP contribution in [0, 0.1) is 11.7 Å². The van der Waals surface area contributed by atoms with Crippen molar-refractivity contribution in [3.8, 4) is 0 Å². The Hall–Kier alpha value is -2.45. The standard InChI is InChI=1S/C26H32FN3O3S/c1-2-33-24(31)8-5-12-30-16-18(15-28-30)14-20-17-29(13-11-23(20)34)25(26(32)19-9-10-19)21-6-3-4-7-22(21)27/h3-4,6-7,14-16,19,23,25,34H,2,5,8-13,17H2,1H3/b20-14+. The first kappa shape index (κ1) is 24.7. The second kappa shape index (κ2) is 11.3. The van der Waals surface area contributed by atoms with Gasteiger partial charge in [-0.05, 0) is 44.2 Å². The van der Waals surface area contributed by atoms with Gasteiger partial charge >= 0.3 is 5.97 Å². The molecule has 1 saturated heterocycles. The zero-order valence-electron chi connectivity index (χ0n) is 19.5. The Labute approximate surface area is 205 Å². The summed E-state index contributed by atoms with van der Waals surface area (Å²) in [5.74, 6) is -0.360. The SMILES string of the molecule is CCOC(=O)CCCn1cc(/C=C2\CN(C(C(=O)C3CC3)c3ccccc3F)CCC2S)cn1. The Morgan fingerprint density at radius 2 is 2.09 bits per heavy atom. The van der Waals surface area contributed by atoms with E-state index in [1.54, 1.807) is 31.3 Å². The predicted molar refractivity (Wildman–Crippen MR) is 132 cm³/mol. The summed E-state index contributed by atoms with van der Waals surface area (Å²) in [6, 6.07) is 6.05. The fourth-order valence-corrected chi connectivity index (χ4v) is 4.75. The summed E-state index contributed by atoms with van der Waals surface area (Å²) in [5.41, 5.74) is 2.50. The number of likely N-dealkylation sites (tertiary alicyclic amines) is 1. The van der Waals surface area contributed by atoms with Crippen molar-refractivity contribution in [3.63, 3.8) is 0 Å². The Morgan fingerprint density at radius 1 is 1.29 bits per heavy atom. The van der Waals surface area contributed by atoms with E-state index in [1.807, 2.05) is 10.9 Å². The van der Waals surface area contributed by atoms with E-state index in [-0.39, 0.29) is 28.7 Å². The van der Waals surface area contributed by atoms with Gasteiger partial charge in [-0.15, -0.1) is 0 Å². The van der Waals surface area contributed by atoms with E-state index in [0.29, 0.717) is 44.6 Å². The van der Waals surface area contributed by atoms with E-state index < -0.39 is 6.04 Å². The lowest BCUT2D eigenvalue weighted by atomic mass is 9.93. The molecule has 0 radical (unpaired) electrons. The summed E-state index contributed by atoms with van der Waals surface area (Å²) >= 11 is 4.78. The van der Waals surface area contributed by atoms with Crippen LogP contribution < -0.4 is 0 Å². The van der Waals surface area contributed by atoms with Crippen LogP contribution in [0.3, 0.4) is 0 Å². The summed E-state index contributed by atoms with van der Waals surface area (Å²) < 4.78 is 21.5. The summed E-state index contributed by atoms with van der Waals surface area (Å²) in [5, 5.41) is 4.47. The molecule has 2 fully saturated rings. The van der Waals surface area contributed by atoms with Crippen molar-refractivity contribution >= 4 is 30.5 Å². The molecule has 34 heavy (non-hydrogen) atoms. The summed E-state index contributed by atoms with van der Waals surface area (Å²) in [7, 11) is 0. The first-order valence-electron chi connectivity index (χ1n) is 12.0. The van der Waals surface area contributed by atoms with Gasteiger partial charge in [0.1, 0.15) is 5.82 Å². The number of halogens is 1. The van der Waals surface area contributed by atoms with Crippen molar-refractivity contribution in [2.24, 2.45) is 5.92 Å². The average molecular weight is 486 g/mol. The molecule has 2 aromatic rings. The number of aryl methyl sites for hydroxylation is 1. The number of hydrogen-bond donors (Lipinski definition) is 1. The number of ether oxygens (including phenoxy) is 1. The molecule has 0 spiro atoms. The lowest BCUT2D eigenvalue weighted by molar-refractivity contribution is -0.143. The first-order chi connectivity index (χ1) is 16.5. The van der Waals surface area contributed by atoms with Gasteiger partial charge in [-0.25, -0.2) is 4.39 Å². The van der Waals surface area contributed by atoms with Crippen molar-refractivity contribution in [2.75, 3.05) is 19.7 Å². The van der Waals surface area contributed by atoms with Crippen molar-refractivity contribution in [1.82, 2.24) is 14.7 Å². The van der Waals surface area contributed by atoms with Crippen molar-refractivity contribution < 1.29 is 18.7 Å². The molecule has 1 aromatic heterocycles. The lowest BCUT2D eigenvalue weighted by Gasteiger charge is -2.37. The van der Waals surface area contributed by atoms with E-state index >= 15 is 0 Å². The Kier molecular flexibility index (Phi) is 8.21. The number of carbonyl (C=O) groups excluding carboxylic acids is 2. The minimum absolute atomic E-state index is 0.0404. The minimum Gasteiger partial charge on any atom is -0.466 e. The third kappa shape index (κ3) is 6.16. The highest BCUT2D eigenvalue weighted by atomic mass is 32.1. The van der Waals surface area contributed by atoms with Gasteiger partial charge in [-0.2, -0.15) is 17.7 Å². The van der Waals surface area contributed by atoms with Crippen LogP contribution in [0.25, 0.3) is 6.08 Å².